The second-order valence-electron chi connectivity index (χ2n) is 13.7. The van der Waals surface area contributed by atoms with Crippen molar-refractivity contribution in [2.24, 2.45) is 17.8 Å². The van der Waals surface area contributed by atoms with Crippen LogP contribution >= 0.6 is 11.6 Å². The van der Waals surface area contributed by atoms with E-state index >= 15 is 9.59 Å². The lowest BCUT2D eigenvalue weighted by molar-refractivity contribution is -0.149. The van der Waals surface area contributed by atoms with Crippen LogP contribution in [0.5, 0.6) is 0 Å². The SMILES string of the molecule is C=CCN(C(=O)[C@@H]1[C@H]2C(=O)N([C@@H](CO)Cc3ccccc3)C(C(=O)N(CC=C)c3c(C)cccc3Cl)C23CC(C)[C@@]1(C)O3)c1ccccc1. The smallest absolute Gasteiger partial charge is 0.253 e. The molecule has 1 spiro atoms. The summed E-state index contributed by atoms with van der Waals surface area (Å²) in [6.45, 7) is 13.6. The number of hydrogen-bond donors (Lipinski definition) is 1. The molecule has 49 heavy (non-hydrogen) atoms. The Balaban J connectivity index is 1.52. The average molecular weight is 682 g/mol. The molecule has 7 atom stereocenters. The van der Waals surface area contributed by atoms with Gasteiger partial charge >= 0.3 is 0 Å². The van der Waals surface area contributed by atoms with Crippen LogP contribution in [0.15, 0.2) is 104 Å². The first-order valence-electron chi connectivity index (χ1n) is 16.9. The molecule has 0 radical (unpaired) electrons. The number of nitrogens with zero attached hydrogens (tertiary/aromatic N) is 3. The van der Waals surface area contributed by atoms with Gasteiger partial charge in [-0.3, -0.25) is 14.4 Å². The lowest BCUT2D eigenvalue weighted by Crippen LogP contribution is -2.59. The normalized spacial score (nSPS) is 27.4. The molecule has 0 aliphatic carbocycles. The van der Waals surface area contributed by atoms with Crippen molar-refractivity contribution in [3.8, 4) is 0 Å². The molecule has 3 aliphatic heterocycles. The van der Waals surface area contributed by atoms with Crippen LogP contribution in [0, 0.1) is 24.7 Å². The number of carbonyl (C=O) groups excluding carboxylic acids is 3. The number of amides is 3. The van der Waals surface area contributed by atoms with Crippen molar-refractivity contribution >= 4 is 40.7 Å². The first kappa shape index (κ1) is 34.6. The molecule has 3 amide bonds. The highest BCUT2D eigenvalue weighted by molar-refractivity contribution is 6.34. The Morgan fingerprint density at radius 3 is 2.24 bits per heavy atom. The number of hydrogen-bond acceptors (Lipinski definition) is 5. The van der Waals surface area contributed by atoms with Crippen LogP contribution in [-0.4, -0.2) is 70.7 Å². The summed E-state index contributed by atoms with van der Waals surface area (Å²) in [6, 6.07) is 22.4. The van der Waals surface area contributed by atoms with Crippen LogP contribution in [0.1, 0.15) is 31.4 Å². The van der Waals surface area contributed by atoms with Gasteiger partial charge in [0.05, 0.1) is 40.8 Å². The summed E-state index contributed by atoms with van der Waals surface area (Å²) in [4.78, 5) is 50.0. The Kier molecular flexibility index (Phi) is 9.59. The molecule has 0 saturated carbocycles. The van der Waals surface area contributed by atoms with E-state index in [0.717, 1.165) is 11.1 Å². The number of para-hydroxylation sites is 2. The number of carbonyl (C=O) groups is 3. The second kappa shape index (κ2) is 13.6. The number of aliphatic hydroxyl groups is 1. The van der Waals surface area contributed by atoms with Gasteiger partial charge in [-0.25, -0.2) is 0 Å². The van der Waals surface area contributed by atoms with Crippen LogP contribution < -0.4 is 9.80 Å². The Morgan fingerprint density at radius 2 is 1.63 bits per heavy atom. The van der Waals surface area contributed by atoms with Crippen LogP contribution in [0.2, 0.25) is 5.02 Å². The van der Waals surface area contributed by atoms with Crippen LogP contribution in [-0.2, 0) is 25.5 Å². The van der Waals surface area contributed by atoms with Crippen molar-refractivity contribution in [1.82, 2.24) is 4.90 Å². The van der Waals surface area contributed by atoms with E-state index in [-0.39, 0.29) is 30.8 Å². The summed E-state index contributed by atoms with van der Waals surface area (Å²) >= 11 is 6.76. The van der Waals surface area contributed by atoms with Crippen LogP contribution in [0.25, 0.3) is 0 Å². The number of anilines is 2. The molecule has 3 saturated heterocycles. The van der Waals surface area contributed by atoms with E-state index in [1.165, 1.54) is 4.90 Å². The van der Waals surface area contributed by atoms with Gasteiger partial charge in [0.1, 0.15) is 11.6 Å². The van der Waals surface area contributed by atoms with Crippen molar-refractivity contribution in [2.45, 2.75) is 56.9 Å². The fourth-order valence-corrected chi connectivity index (χ4v) is 8.95. The van der Waals surface area contributed by atoms with E-state index < -0.39 is 47.6 Å². The molecule has 9 heteroatoms. The van der Waals surface area contributed by atoms with Crippen molar-refractivity contribution < 1.29 is 24.2 Å². The minimum Gasteiger partial charge on any atom is -0.394 e. The fourth-order valence-electron chi connectivity index (χ4n) is 8.62. The minimum absolute atomic E-state index is 0.126. The van der Waals surface area contributed by atoms with E-state index in [1.807, 2.05) is 93.6 Å². The van der Waals surface area contributed by atoms with Gasteiger partial charge in [-0.15, -0.1) is 13.2 Å². The van der Waals surface area contributed by atoms with E-state index in [2.05, 4.69) is 13.2 Å². The number of halogens is 1. The molecule has 0 aromatic heterocycles. The summed E-state index contributed by atoms with van der Waals surface area (Å²) in [5.74, 6) is -3.05. The lowest BCUT2D eigenvalue weighted by Gasteiger charge is -2.40. The maximum absolute atomic E-state index is 15.3. The topological polar surface area (TPSA) is 90.4 Å². The maximum Gasteiger partial charge on any atom is 0.253 e. The molecule has 1 N–H and O–H groups in total. The zero-order valence-corrected chi connectivity index (χ0v) is 29.1. The number of ether oxygens (including phenoxy) is 1. The highest BCUT2D eigenvalue weighted by atomic mass is 35.5. The molecule has 3 heterocycles. The summed E-state index contributed by atoms with van der Waals surface area (Å²) in [5, 5.41) is 11.3. The average Bonchev–Trinajstić information content (AvgIpc) is 3.62. The maximum atomic E-state index is 15.3. The zero-order chi connectivity index (χ0) is 35.1. The van der Waals surface area contributed by atoms with Crippen LogP contribution in [0.3, 0.4) is 0 Å². The minimum atomic E-state index is -1.34. The first-order chi connectivity index (χ1) is 23.5. The molecule has 2 bridgehead atoms. The van der Waals surface area contributed by atoms with Crippen molar-refractivity contribution in [3.63, 3.8) is 0 Å². The molecule has 3 aromatic rings. The number of fused-ring (bicyclic) bond motifs is 1. The van der Waals surface area contributed by atoms with Gasteiger partial charge in [-0.05, 0) is 61.9 Å². The Morgan fingerprint density at radius 1 is 1.00 bits per heavy atom. The summed E-state index contributed by atoms with van der Waals surface area (Å²) in [7, 11) is 0. The zero-order valence-electron chi connectivity index (χ0n) is 28.3. The summed E-state index contributed by atoms with van der Waals surface area (Å²) in [6.07, 6.45) is 3.98. The Labute approximate surface area is 293 Å². The van der Waals surface area contributed by atoms with E-state index in [4.69, 9.17) is 16.3 Å². The van der Waals surface area contributed by atoms with Gasteiger partial charge in [0.15, 0.2) is 0 Å². The van der Waals surface area contributed by atoms with Crippen molar-refractivity contribution in [1.29, 1.82) is 0 Å². The standard InChI is InChI=1S/C40H44ClN3O5/c1-6-21-42(29-18-12-9-13-19-29)36(46)32-33-37(47)44(30(25-45)23-28-16-10-8-11-17-28)35(40(33)24-27(4)39(32,5)49-40)38(48)43(22-7-2)34-26(3)15-14-20-31(34)41/h6-20,27,30,32-33,35,45H,1-2,21-25H2,3-5H3/t27?,30-,32+,33+,35?,39-,40?/m1/s1. The molecule has 3 aromatic carbocycles. The van der Waals surface area contributed by atoms with E-state index in [1.54, 1.807) is 28.0 Å². The predicted octanol–water partition coefficient (Wildman–Crippen LogP) is 6.00. The number of aliphatic hydroxyl groups excluding tert-OH is 1. The quantitative estimate of drug-likeness (QED) is 0.237. The summed E-state index contributed by atoms with van der Waals surface area (Å²) in [5.41, 5.74) is 0.513. The van der Waals surface area contributed by atoms with Gasteiger partial charge in [0.2, 0.25) is 11.8 Å². The molecule has 3 unspecified atom stereocenters. The number of benzene rings is 3. The van der Waals surface area contributed by atoms with Gasteiger partial charge < -0.3 is 24.5 Å². The molecular weight excluding hydrogens is 638 g/mol. The summed E-state index contributed by atoms with van der Waals surface area (Å²) < 4.78 is 7.06. The molecule has 8 nitrogen and oxygen atoms in total. The van der Waals surface area contributed by atoms with Crippen molar-refractivity contribution in [2.75, 3.05) is 29.5 Å². The Bertz CT molecular complexity index is 1730. The largest absolute Gasteiger partial charge is 0.394 e. The second-order valence-corrected chi connectivity index (χ2v) is 14.1. The number of rotatable bonds is 12. The third-order valence-corrected chi connectivity index (χ3v) is 11.2. The highest BCUT2D eigenvalue weighted by Crippen LogP contribution is 2.66. The van der Waals surface area contributed by atoms with Gasteiger partial charge in [-0.1, -0.05) is 91.3 Å². The highest BCUT2D eigenvalue weighted by Gasteiger charge is 2.80. The van der Waals surface area contributed by atoms with Gasteiger partial charge in [-0.2, -0.15) is 0 Å². The third kappa shape index (κ3) is 5.60. The van der Waals surface area contributed by atoms with E-state index in [0.29, 0.717) is 29.2 Å². The monoisotopic (exact) mass is 681 g/mol. The van der Waals surface area contributed by atoms with Gasteiger partial charge in [0.25, 0.3) is 5.91 Å². The number of aryl methyl sites for hydroxylation is 1. The third-order valence-electron chi connectivity index (χ3n) is 10.9. The van der Waals surface area contributed by atoms with Crippen molar-refractivity contribution in [3.05, 3.63) is 120 Å². The molecule has 3 aliphatic rings. The lowest BCUT2D eigenvalue weighted by atomic mass is 9.62. The molecular formula is C40H44ClN3O5. The predicted molar refractivity (Wildman–Crippen MR) is 192 cm³/mol. The number of likely N-dealkylation sites (tertiary alicyclic amines) is 1. The van der Waals surface area contributed by atoms with E-state index in [9.17, 15) is 9.90 Å². The fraction of sp³-hybridized carbons (Fsp3) is 0.375. The van der Waals surface area contributed by atoms with Crippen LogP contribution in [0.4, 0.5) is 11.4 Å². The Hall–Kier alpha value is -4.24. The molecule has 6 rings (SSSR count). The molecule has 3 fully saturated rings. The first-order valence-corrected chi connectivity index (χ1v) is 17.2. The molecule has 256 valence electrons. The van der Waals surface area contributed by atoms with Gasteiger partial charge in [0, 0.05) is 18.8 Å².